The van der Waals surface area contributed by atoms with E-state index in [-0.39, 0.29) is 6.10 Å². The van der Waals surface area contributed by atoms with Crippen LogP contribution in [0.1, 0.15) is 25.0 Å². The first kappa shape index (κ1) is 19.7. The third kappa shape index (κ3) is 4.28. The van der Waals surface area contributed by atoms with Crippen molar-refractivity contribution in [3.63, 3.8) is 0 Å². The first-order chi connectivity index (χ1) is 12.8. The fourth-order valence-electron chi connectivity index (χ4n) is 3.36. The minimum atomic E-state index is -3.48. The summed E-state index contributed by atoms with van der Waals surface area (Å²) in [7, 11) is -3.48. The Morgan fingerprint density at radius 2 is 1.56 bits per heavy atom. The molecule has 0 bridgehead atoms. The van der Waals surface area contributed by atoms with Crippen molar-refractivity contribution in [2.24, 2.45) is 0 Å². The molecule has 0 N–H and O–H groups in total. The predicted octanol–water partition coefficient (Wildman–Crippen LogP) is 3.60. The van der Waals surface area contributed by atoms with Crippen LogP contribution < -0.4 is 9.64 Å². The maximum atomic E-state index is 13.0. The van der Waals surface area contributed by atoms with Crippen LogP contribution in [0, 0.1) is 13.8 Å². The zero-order chi connectivity index (χ0) is 19.6. The molecule has 0 saturated carbocycles. The molecule has 146 valence electrons. The molecule has 1 saturated heterocycles. The molecule has 5 nitrogen and oxygen atoms in total. The molecule has 6 heteroatoms. The Bertz CT molecular complexity index is 884. The average Bonchev–Trinajstić information content (AvgIpc) is 2.64. The minimum Gasteiger partial charge on any atom is -0.491 e. The lowest BCUT2D eigenvalue weighted by atomic mass is 10.1. The smallest absolute Gasteiger partial charge is 0.243 e. The molecule has 0 spiro atoms. The van der Waals surface area contributed by atoms with Crippen molar-refractivity contribution in [1.29, 1.82) is 0 Å². The standard InChI is InChI=1S/C21H28N2O3S/c1-16(2)26-19-8-10-20(11-9-19)27(24,25)23-14-12-22(13-15-23)21-7-5-6-17(3)18(21)4/h5-11,16H,12-15H2,1-4H3. The highest BCUT2D eigenvalue weighted by Gasteiger charge is 2.29. The highest BCUT2D eigenvalue weighted by atomic mass is 32.2. The molecule has 0 aliphatic carbocycles. The third-order valence-corrected chi connectivity index (χ3v) is 6.90. The van der Waals surface area contributed by atoms with Crippen molar-refractivity contribution < 1.29 is 13.2 Å². The van der Waals surface area contributed by atoms with E-state index in [1.807, 2.05) is 13.8 Å². The summed E-state index contributed by atoms with van der Waals surface area (Å²) >= 11 is 0. The first-order valence-corrected chi connectivity index (χ1v) is 10.8. The Kier molecular flexibility index (Phi) is 5.77. The van der Waals surface area contributed by atoms with Crippen LogP contribution in [0.4, 0.5) is 5.69 Å². The van der Waals surface area contributed by atoms with Crippen LogP contribution in [-0.2, 0) is 10.0 Å². The van der Waals surface area contributed by atoms with Crippen molar-refractivity contribution >= 4 is 15.7 Å². The molecule has 0 unspecified atom stereocenters. The van der Waals surface area contributed by atoms with Crippen molar-refractivity contribution in [3.8, 4) is 5.75 Å². The molecule has 1 aliphatic rings. The lowest BCUT2D eigenvalue weighted by Crippen LogP contribution is -2.48. The quantitative estimate of drug-likeness (QED) is 0.785. The maximum absolute atomic E-state index is 13.0. The SMILES string of the molecule is Cc1cccc(N2CCN(S(=O)(=O)c3ccc(OC(C)C)cc3)CC2)c1C. The minimum absolute atomic E-state index is 0.0608. The highest BCUT2D eigenvalue weighted by Crippen LogP contribution is 2.26. The molecule has 2 aromatic carbocycles. The topological polar surface area (TPSA) is 49.9 Å². The van der Waals surface area contributed by atoms with Gasteiger partial charge in [-0.25, -0.2) is 8.42 Å². The summed E-state index contributed by atoms with van der Waals surface area (Å²) in [6.45, 7) is 10.5. The Morgan fingerprint density at radius 1 is 0.926 bits per heavy atom. The summed E-state index contributed by atoms with van der Waals surface area (Å²) in [5.74, 6) is 0.684. The van der Waals surface area contributed by atoms with Gasteiger partial charge in [0.05, 0.1) is 11.0 Å². The maximum Gasteiger partial charge on any atom is 0.243 e. The summed E-state index contributed by atoms with van der Waals surface area (Å²) in [4.78, 5) is 2.59. The van der Waals surface area contributed by atoms with Crippen LogP contribution in [-0.4, -0.2) is 45.0 Å². The number of sulfonamides is 1. The van der Waals surface area contributed by atoms with Crippen LogP contribution >= 0.6 is 0 Å². The van der Waals surface area contributed by atoms with E-state index in [1.165, 1.54) is 16.8 Å². The molecule has 0 atom stereocenters. The molecular formula is C21H28N2O3S. The van der Waals surface area contributed by atoms with Crippen molar-refractivity contribution in [2.45, 2.75) is 38.7 Å². The van der Waals surface area contributed by atoms with Gasteiger partial charge in [-0.15, -0.1) is 0 Å². The molecular weight excluding hydrogens is 360 g/mol. The van der Waals surface area contributed by atoms with Gasteiger partial charge in [-0.2, -0.15) is 4.31 Å². The molecule has 3 rings (SSSR count). The summed E-state index contributed by atoms with van der Waals surface area (Å²) in [6, 6.07) is 13.0. The summed E-state index contributed by atoms with van der Waals surface area (Å²) in [5.41, 5.74) is 3.71. The summed E-state index contributed by atoms with van der Waals surface area (Å²) in [6.07, 6.45) is 0.0608. The molecule has 1 heterocycles. The number of hydrogen-bond donors (Lipinski definition) is 0. The van der Waals surface area contributed by atoms with Crippen molar-refractivity contribution in [3.05, 3.63) is 53.6 Å². The summed E-state index contributed by atoms with van der Waals surface area (Å²) in [5, 5.41) is 0. The van der Waals surface area contributed by atoms with Crippen molar-refractivity contribution in [2.75, 3.05) is 31.1 Å². The molecule has 27 heavy (non-hydrogen) atoms. The van der Waals surface area contributed by atoms with Gasteiger partial charge in [0.2, 0.25) is 10.0 Å². The van der Waals surface area contributed by atoms with E-state index in [2.05, 4.69) is 36.9 Å². The second-order valence-corrected chi connectivity index (χ2v) is 9.19. The van der Waals surface area contributed by atoms with Gasteiger partial charge in [0, 0.05) is 31.9 Å². The van der Waals surface area contributed by atoms with Crippen LogP contribution in [0.25, 0.3) is 0 Å². The van der Waals surface area contributed by atoms with E-state index >= 15 is 0 Å². The van der Waals surface area contributed by atoms with Gasteiger partial charge in [0.15, 0.2) is 0 Å². The number of ether oxygens (including phenoxy) is 1. The molecule has 1 aliphatic heterocycles. The lowest BCUT2D eigenvalue weighted by Gasteiger charge is -2.36. The second kappa shape index (κ2) is 7.90. The first-order valence-electron chi connectivity index (χ1n) is 9.37. The van der Waals surface area contributed by atoms with Gasteiger partial charge < -0.3 is 9.64 Å². The van der Waals surface area contributed by atoms with E-state index in [4.69, 9.17) is 4.74 Å². The lowest BCUT2D eigenvalue weighted by molar-refractivity contribution is 0.242. The molecule has 0 aromatic heterocycles. The number of nitrogens with zero attached hydrogens (tertiary/aromatic N) is 2. The Morgan fingerprint density at radius 3 is 2.15 bits per heavy atom. The highest BCUT2D eigenvalue weighted by molar-refractivity contribution is 7.89. The zero-order valence-electron chi connectivity index (χ0n) is 16.5. The zero-order valence-corrected chi connectivity index (χ0v) is 17.3. The number of hydrogen-bond acceptors (Lipinski definition) is 4. The number of benzene rings is 2. The van der Waals surface area contributed by atoms with E-state index in [1.54, 1.807) is 28.6 Å². The average molecular weight is 389 g/mol. The Labute approximate surface area is 162 Å². The van der Waals surface area contributed by atoms with Crippen molar-refractivity contribution in [1.82, 2.24) is 4.31 Å². The van der Waals surface area contributed by atoms with E-state index in [9.17, 15) is 8.42 Å². The number of rotatable bonds is 5. The summed E-state index contributed by atoms with van der Waals surface area (Å²) < 4.78 is 33.1. The van der Waals surface area contributed by atoms with Gasteiger partial charge in [-0.05, 0) is 69.2 Å². The molecule has 2 aromatic rings. The van der Waals surface area contributed by atoms with Gasteiger partial charge in [-0.1, -0.05) is 12.1 Å². The van der Waals surface area contributed by atoms with Crippen LogP contribution in [0.15, 0.2) is 47.4 Å². The van der Waals surface area contributed by atoms with Gasteiger partial charge in [-0.3, -0.25) is 0 Å². The van der Waals surface area contributed by atoms with Crippen LogP contribution in [0.2, 0.25) is 0 Å². The van der Waals surface area contributed by atoms with Crippen LogP contribution in [0.3, 0.4) is 0 Å². The molecule has 1 fully saturated rings. The van der Waals surface area contributed by atoms with Crippen LogP contribution in [0.5, 0.6) is 5.75 Å². The van der Waals surface area contributed by atoms with Gasteiger partial charge in [0.1, 0.15) is 5.75 Å². The Balaban J connectivity index is 1.70. The second-order valence-electron chi connectivity index (χ2n) is 7.25. The van der Waals surface area contributed by atoms with E-state index in [0.717, 1.165) is 0 Å². The van der Waals surface area contributed by atoms with E-state index in [0.29, 0.717) is 36.8 Å². The molecule has 0 amide bonds. The fraction of sp³-hybridized carbons (Fsp3) is 0.429. The monoisotopic (exact) mass is 388 g/mol. The van der Waals surface area contributed by atoms with E-state index < -0.39 is 10.0 Å². The largest absolute Gasteiger partial charge is 0.491 e. The fourth-order valence-corrected chi connectivity index (χ4v) is 4.78. The third-order valence-electron chi connectivity index (χ3n) is 4.99. The van der Waals surface area contributed by atoms with Gasteiger partial charge >= 0.3 is 0 Å². The number of piperazine rings is 1. The molecule has 0 radical (unpaired) electrons. The van der Waals surface area contributed by atoms with Gasteiger partial charge in [0.25, 0.3) is 0 Å². The normalized spacial score (nSPS) is 16.0. The predicted molar refractivity (Wildman–Crippen MR) is 109 cm³/mol. The Hall–Kier alpha value is -2.05. The number of aryl methyl sites for hydroxylation is 1. The number of anilines is 1.